The molecule has 0 aromatic heterocycles. The Labute approximate surface area is 101 Å². The van der Waals surface area contributed by atoms with Crippen LogP contribution in [0.5, 0.6) is 0 Å². The number of rotatable bonds is 3. The van der Waals surface area contributed by atoms with Crippen molar-refractivity contribution in [1.82, 2.24) is 0 Å². The van der Waals surface area contributed by atoms with Crippen molar-refractivity contribution in [3.8, 4) is 0 Å². The predicted octanol–water partition coefficient (Wildman–Crippen LogP) is 1.80. The van der Waals surface area contributed by atoms with E-state index >= 15 is 0 Å². The molecule has 0 aromatic carbocycles. The van der Waals surface area contributed by atoms with Gasteiger partial charge in [0.05, 0.1) is 5.60 Å². The van der Waals surface area contributed by atoms with Gasteiger partial charge in [-0.2, -0.15) is 0 Å². The van der Waals surface area contributed by atoms with Gasteiger partial charge in [0.2, 0.25) is 0 Å². The zero-order valence-corrected chi connectivity index (χ0v) is 10.5. The van der Waals surface area contributed by atoms with Crippen LogP contribution in [0.3, 0.4) is 0 Å². The third kappa shape index (κ3) is 2.79. The Bertz CT molecular complexity index is 314. The predicted molar refractivity (Wildman–Crippen MR) is 61.9 cm³/mol. The fourth-order valence-corrected chi connectivity index (χ4v) is 2.33. The molecule has 0 heterocycles. The van der Waals surface area contributed by atoms with E-state index in [2.05, 4.69) is 6.58 Å². The summed E-state index contributed by atoms with van der Waals surface area (Å²) in [6.45, 7) is 7.38. The lowest BCUT2D eigenvalue weighted by Crippen LogP contribution is -2.56. The van der Waals surface area contributed by atoms with Gasteiger partial charge in [-0.15, -0.1) is 0 Å². The molecule has 5 heteroatoms. The average molecular weight is 244 g/mol. The van der Waals surface area contributed by atoms with Gasteiger partial charge in [0, 0.05) is 13.0 Å². The molecule has 2 N–H and O–H groups in total. The second-order valence-electron chi connectivity index (χ2n) is 4.80. The molecule has 1 saturated carbocycles. The molecule has 5 nitrogen and oxygen atoms in total. The summed E-state index contributed by atoms with van der Waals surface area (Å²) in [6, 6.07) is 0. The van der Waals surface area contributed by atoms with Crippen LogP contribution in [0.15, 0.2) is 12.2 Å². The van der Waals surface area contributed by atoms with Crippen LogP contribution >= 0.6 is 0 Å². The fourth-order valence-electron chi connectivity index (χ4n) is 2.33. The van der Waals surface area contributed by atoms with Gasteiger partial charge >= 0.3 is 6.16 Å². The van der Waals surface area contributed by atoms with Crippen LogP contribution in [0.25, 0.3) is 0 Å². The Hall–Kier alpha value is -1.07. The molecule has 0 bridgehead atoms. The highest BCUT2D eigenvalue weighted by Gasteiger charge is 2.48. The first-order valence-corrected chi connectivity index (χ1v) is 5.60. The molecule has 0 spiro atoms. The molecule has 1 rings (SSSR count). The molecule has 0 aromatic rings. The largest absolute Gasteiger partial charge is 0.506 e. The molecule has 98 valence electrons. The van der Waals surface area contributed by atoms with Gasteiger partial charge in [-0.05, 0) is 26.7 Å². The second kappa shape index (κ2) is 5.06. The van der Waals surface area contributed by atoms with E-state index in [1.807, 2.05) is 6.92 Å². The van der Waals surface area contributed by atoms with Crippen molar-refractivity contribution in [2.75, 3.05) is 7.11 Å². The van der Waals surface area contributed by atoms with E-state index in [0.29, 0.717) is 12.8 Å². The van der Waals surface area contributed by atoms with Crippen molar-refractivity contribution in [2.45, 2.75) is 44.5 Å². The number of carboxylic acid groups (broad SMARTS) is 1. The van der Waals surface area contributed by atoms with Gasteiger partial charge in [0.15, 0.2) is 0 Å². The van der Waals surface area contributed by atoms with Gasteiger partial charge in [0.25, 0.3) is 0 Å². The van der Waals surface area contributed by atoms with Crippen LogP contribution in [0, 0.1) is 5.92 Å². The van der Waals surface area contributed by atoms with Gasteiger partial charge in [-0.3, -0.25) is 0 Å². The van der Waals surface area contributed by atoms with E-state index in [4.69, 9.17) is 14.6 Å². The summed E-state index contributed by atoms with van der Waals surface area (Å²) < 4.78 is 10.1. The van der Waals surface area contributed by atoms with Crippen LogP contribution in [-0.2, 0) is 9.47 Å². The summed E-state index contributed by atoms with van der Waals surface area (Å²) in [4.78, 5) is 10.7. The maximum atomic E-state index is 10.7. The molecule has 1 fully saturated rings. The molecule has 1 aliphatic carbocycles. The van der Waals surface area contributed by atoms with Crippen LogP contribution in [0.2, 0.25) is 0 Å². The molecule has 17 heavy (non-hydrogen) atoms. The summed E-state index contributed by atoms with van der Waals surface area (Å²) in [6.07, 6.45) is -1.86. The molecule has 0 saturated heterocycles. The fraction of sp³-hybridized carbons (Fsp3) is 0.750. The van der Waals surface area contributed by atoms with Gasteiger partial charge in [-0.1, -0.05) is 12.2 Å². The molecule has 0 aliphatic heterocycles. The number of carbonyl (C=O) groups is 1. The highest BCUT2D eigenvalue weighted by Crippen LogP contribution is 2.39. The van der Waals surface area contributed by atoms with Crippen molar-refractivity contribution in [3.63, 3.8) is 0 Å². The van der Waals surface area contributed by atoms with Crippen molar-refractivity contribution in [1.29, 1.82) is 0 Å². The topological polar surface area (TPSA) is 76.0 Å². The highest BCUT2D eigenvalue weighted by molar-refractivity contribution is 5.57. The van der Waals surface area contributed by atoms with E-state index < -0.39 is 24.0 Å². The number of hydrogen-bond donors (Lipinski definition) is 2. The van der Waals surface area contributed by atoms with E-state index in [0.717, 1.165) is 5.57 Å². The maximum Gasteiger partial charge on any atom is 0.506 e. The van der Waals surface area contributed by atoms with Crippen LogP contribution in [0.4, 0.5) is 4.79 Å². The third-order valence-electron chi connectivity index (χ3n) is 3.62. The van der Waals surface area contributed by atoms with Crippen LogP contribution in [-0.4, -0.2) is 41.3 Å². The smallest absolute Gasteiger partial charge is 0.450 e. The van der Waals surface area contributed by atoms with Gasteiger partial charge < -0.3 is 19.7 Å². The Kier molecular flexibility index (Phi) is 4.16. The highest BCUT2D eigenvalue weighted by atomic mass is 16.7. The van der Waals surface area contributed by atoms with E-state index in [1.54, 1.807) is 6.92 Å². The van der Waals surface area contributed by atoms with Crippen molar-refractivity contribution < 1.29 is 24.5 Å². The van der Waals surface area contributed by atoms with E-state index in [-0.39, 0.29) is 5.92 Å². The van der Waals surface area contributed by atoms with E-state index in [9.17, 15) is 9.90 Å². The van der Waals surface area contributed by atoms with E-state index in [1.165, 1.54) is 7.11 Å². The standard InChI is InChI=1S/C12H20O5/c1-7(2)8-5-6-12(3,16-4)10(13)9(8)17-11(14)15/h8-10,13H,1,5-6H2,2-4H3,(H,14,15). The minimum absolute atomic E-state index is 0.163. The monoisotopic (exact) mass is 244 g/mol. The number of aliphatic hydroxyl groups excluding tert-OH is 1. The first-order valence-electron chi connectivity index (χ1n) is 5.60. The molecular weight excluding hydrogens is 224 g/mol. The van der Waals surface area contributed by atoms with Gasteiger partial charge in [-0.25, -0.2) is 4.79 Å². The number of aliphatic hydroxyl groups is 1. The quantitative estimate of drug-likeness (QED) is 0.585. The Morgan fingerprint density at radius 2 is 2.12 bits per heavy atom. The van der Waals surface area contributed by atoms with Crippen LogP contribution in [0.1, 0.15) is 26.7 Å². The first kappa shape index (κ1) is 14.0. The van der Waals surface area contributed by atoms with Crippen molar-refractivity contribution in [3.05, 3.63) is 12.2 Å². The number of methoxy groups -OCH3 is 1. The summed E-state index contributed by atoms with van der Waals surface area (Å²) in [5.41, 5.74) is 0.0416. The van der Waals surface area contributed by atoms with Crippen molar-refractivity contribution in [2.24, 2.45) is 5.92 Å². The SMILES string of the molecule is C=C(C)C1CCC(C)(OC)C(O)C1OC(=O)O. The zero-order chi connectivity index (χ0) is 13.2. The number of hydrogen-bond acceptors (Lipinski definition) is 4. The number of ether oxygens (including phenoxy) is 2. The lowest BCUT2D eigenvalue weighted by atomic mass is 9.73. The summed E-state index contributed by atoms with van der Waals surface area (Å²) in [7, 11) is 1.50. The first-order chi connectivity index (χ1) is 7.81. The molecule has 1 aliphatic rings. The van der Waals surface area contributed by atoms with Gasteiger partial charge in [0.1, 0.15) is 12.2 Å². The lowest BCUT2D eigenvalue weighted by Gasteiger charge is -2.45. The normalized spacial score (nSPS) is 37.5. The van der Waals surface area contributed by atoms with Crippen molar-refractivity contribution >= 4 is 6.16 Å². The molecule has 4 atom stereocenters. The minimum Gasteiger partial charge on any atom is -0.450 e. The second-order valence-corrected chi connectivity index (χ2v) is 4.80. The average Bonchev–Trinajstić information content (AvgIpc) is 2.24. The summed E-state index contributed by atoms with van der Waals surface area (Å²) >= 11 is 0. The molecule has 0 amide bonds. The summed E-state index contributed by atoms with van der Waals surface area (Å²) in [5.74, 6) is -0.163. The Morgan fingerprint density at radius 3 is 2.53 bits per heavy atom. The zero-order valence-electron chi connectivity index (χ0n) is 10.5. The molecule has 4 unspecified atom stereocenters. The third-order valence-corrected chi connectivity index (χ3v) is 3.62. The maximum absolute atomic E-state index is 10.7. The van der Waals surface area contributed by atoms with Crippen LogP contribution < -0.4 is 0 Å². The molecular formula is C12H20O5. The summed E-state index contributed by atoms with van der Waals surface area (Å²) in [5, 5.41) is 18.9. The minimum atomic E-state index is -1.39. The lowest BCUT2D eigenvalue weighted by molar-refractivity contribution is -0.174. The Morgan fingerprint density at radius 1 is 1.53 bits per heavy atom. The Balaban J connectivity index is 2.94. The molecule has 0 radical (unpaired) electrons.